The molecular weight excluding hydrogens is 230 g/mol. The lowest BCUT2D eigenvalue weighted by molar-refractivity contribution is -0.136. The van der Waals surface area contributed by atoms with E-state index < -0.39 is 11.2 Å². The van der Waals surface area contributed by atoms with Crippen molar-refractivity contribution in [2.24, 2.45) is 0 Å². The zero-order valence-electron chi connectivity index (χ0n) is 8.92. The Kier molecular flexibility index (Phi) is 3.70. The summed E-state index contributed by atoms with van der Waals surface area (Å²) in [5, 5.41) is 8.28. The fourth-order valence-corrected chi connectivity index (χ4v) is 3.31. The fraction of sp³-hybridized carbons (Fsp3) is 0.800. The maximum Gasteiger partial charge on any atom is 0.316 e. The van der Waals surface area contributed by atoms with Crippen molar-refractivity contribution in [3.05, 3.63) is 0 Å². The van der Waals surface area contributed by atoms with Gasteiger partial charge in [0, 0.05) is 13.1 Å². The fourth-order valence-electron chi connectivity index (χ4n) is 1.99. The second kappa shape index (κ2) is 5.05. The van der Waals surface area contributed by atoms with E-state index in [1.165, 1.54) is 11.8 Å². The third kappa shape index (κ3) is 2.49. The highest BCUT2D eigenvalue weighted by Gasteiger charge is 2.36. The van der Waals surface area contributed by atoms with Gasteiger partial charge in [-0.1, -0.05) is 0 Å². The Balaban J connectivity index is 1.88. The number of carbonyl (C=O) groups is 2. The van der Waals surface area contributed by atoms with Gasteiger partial charge in [0.1, 0.15) is 5.25 Å². The summed E-state index contributed by atoms with van der Waals surface area (Å²) in [7, 11) is 0. The van der Waals surface area contributed by atoms with Gasteiger partial charge in [-0.2, -0.15) is 0 Å². The van der Waals surface area contributed by atoms with Crippen molar-refractivity contribution in [3.8, 4) is 0 Å². The SMILES string of the molecule is O=C(O)[C@H]1CC[C@H](C(=O)N2CCOCC2)S1. The molecule has 0 unspecified atom stereocenters. The highest BCUT2D eigenvalue weighted by atomic mass is 32.2. The van der Waals surface area contributed by atoms with Crippen LogP contribution >= 0.6 is 11.8 Å². The van der Waals surface area contributed by atoms with Gasteiger partial charge in [-0.25, -0.2) is 0 Å². The number of rotatable bonds is 2. The minimum Gasteiger partial charge on any atom is -0.480 e. The zero-order chi connectivity index (χ0) is 11.5. The number of thioether (sulfide) groups is 1. The first-order valence-electron chi connectivity index (χ1n) is 5.43. The molecule has 90 valence electrons. The molecule has 0 aliphatic carbocycles. The second-order valence-corrected chi connectivity index (χ2v) is 5.38. The largest absolute Gasteiger partial charge is 0.480 e. The average Bonchev–Trinajstić information content (AvgIpc) is 2.78. The van der Waals surface area contributed by atoms with Gasteiger partial charge < -0.3 is 14.7 Å². The van der Waals surface area contributed by atoms with Gasteiger partial charge in [0.25, 0.3) is 0 Å². The van der Waals surface area contributed by atoms with Gasteiger partial charge in [0.2, 0.25) is 5.91 Å². The summed E-state index contributed by atoms with van der Waals surface area (Å²) in [5.41, 5.74) is 0. The molecule has 0 bridgehead atoms. The van der Waals surface area contributed by atoms with Gasteiger partial charge in [-0.15, -0.1) is 11.8 Å². The lowest BCUT2D eigenvalue weighted by Crippen LogP contribution is -2.44. The number of carboxylic acid groups (broad SMARTS) is 1. The molecule has 5 nitrogen and oxygen atoms in total. The molecule has 2 aliphatic rings. The van der Waals surface area contributed by atoms with E-state index in [1.807, 2.05) is 0 Å². The Morgan fingerprint density at radius 3 is 2.38 bits per heavy atom. The summed E-state index contributed by atoms with van der Waals surface area (Å²) in [6.45, 7) is 2.44. The number of ether oxygens (including phenoxy) is 1. The quantitative estimate of drug-likeness (QED) is 0.752. The number of carboxylic acids is 1. The van der Waals surface area contributed by atoms with Crippen molar-refractivity contribution in [1.82, 2.24) is 4.90 Å². The molecular formula is C10H15NO4S. The van der Waals surface area contributed by atoms with E-state index in [2.05, 4.69) is 0 Å². The minimum atomic E-state index is -0.803. The van der Waals surface area contributed by atoms with Crippen LogP contribution in [0.15, 0.2) is 0 Å². The van der Waals surface area contributed by atoms with Crippen molar-refractivity contribution >= 4 is 23.6 Å². The summed E-state index contributed by atoms with van der Waals surface area (Å²) < 4.78 is 5.18. The number of hydrogen-bond donors (Lipinski definition) is 1. The molecule has 0 aromatic rings. The lowest BCUT2D eigenvalue weighted by atomic mass is 10.2. The Hall–Kier alpha value is -0.750. The van der Waals surface area contributed by atoms with Crippen molar-refractivity contribution < 1.29 is 19.4 Å². The zero-order valence-corrected chi connectivity index (χ0v) is 9.74. The Morgan fingerprint density at radius 1 is 1.19 bits per heavy atom. The minimum absolute atomic E-state index is 0.0806. The summed E-state index contributed by atoms with van der Waals surface area (Å²) in [6.07, 6.45) is 1.28. The van der Waals surface area contributed by atoms with Crippen LogP contribution in [0.1, 0.15) is 12.8 Å². The van der Waals surface area contributed by atoms with E-state index in [9.17, 15) is 9.59 Å². The van der Waals surface area contributed by atoms with Crippen molar-refractivity contribution in [2.45, 2.75) is 23.3 Å². The summed E-state index contributed by atoms with van der Waals surface area (Å²) in [4.78, 5) is 24.6. The molecule has 2 atom stereocenters. The number of hydrogen-bond acceptors (Lipinski definition) is 4. The van der Waals surface area contributed by atoms with E-state index in [1.54, 1.807) is 4.90 Å². The van der Waals surface area contributed by atoms with Crippen LogP contribution in [0.5, 0.6) is 0 Å². The van der Waals surface area contributed by atoms with Crippen molar-refractivity contribution in [1.29, 1.82) is 0 Å². The topological polar surface area (TPSA) is 66.8 Å². The molecule has 0 radical (unpaired) electrons. The molecule has 0 saturated carbocycles. The van der Waals surface area contributed by atoms with E-state index in [0.717, 1.165) is 0 Å². The van der Waals surface area contributed by atoms with Crippen molar-refractivity contribution in [3.63, 3.8) is 0 Å². The Labute approximate surface area is 98.1 Å². The van der Waals surface area contributed by atoms with Gasteiger partial charge >= 0.3 is 5.97 Å². The second-order valence-electron chi connectivity index (χ2n) is 3.97. The van der Waals surface area contributed by atoms with Crippen LogP contribution in [0.4, 0.5) is 0 Å². The highest BCUT2D eigenvalue weighted by Crippen LogP contribution is 2.35. The molecule has 2 aliphatic heterocycles. The standard InChI is InChI=1S/C10H15NO4S/c12-9(11-3-5-15-6-4-11)7-1-2-8(16-7)10(13)14/h7-8H,1-6H2,(H,13,14)/t7-,8-/m1/s1. The average molecular weight is 245 g/mol. The maximum absolute atomic E-state index is 12.0. The monoisotopic (exact) mass is 245 g/mol. The smallest absolute Gasteiger partial charge is 0.316 e. The summed E-state index contributed by atoms with van der Waals surface area (Å²) >= 11 is 1.29. The third-order valence-corrected chi connectivity index (χ3v) is 4.42. The van der Waals surface area contributed by atoms with Gasteiger partial charge in [0.05, 0.1) is 18.5 Å². The van der Waals surface area contributed by atoms with Crippen LogP contribution in [0, 0.1) is 0 Å². The van der Waals surface area contributed by atoms with Crippen LogP contribution < -0.4 is 0 Å². The summed E-state index contributed by atoms with van der Waals surface area (Å²) in [6, 6.07) is 0. The molecule has 16 heavy (non-hydrogen) atoms. The highest BCUT2D eigenvalue weighted by molar-refractivity contribution is 8.02. The molecule has 1 amide bonds. The predicted octanol–water partition coefficient (Wildman–Crippen LogP) is 0.194. The number of amides is 1. The normalized spacial score (nSPS) is 30.4. The molecule has 0 spiro atoms. The molecule has 2 heterocycles. The van der Waals surface area contributed by atoms with Crippen LogP contribution in [-0.4, -0.2) is 58.7 Å². The van der Waals surface area contributed by atoms with Gasteiger partial charge in [0.15, 0.2) is 0 Å². The van der Waals surface area contributed by atoms with E-state index >= 15 is 0 Å². The van der Waals surface area contributed by atoms with E-state index in [-0.39, 0.29) is 11.2 Å². The van der Waals surface area contributed by atoms with Crippen LogP contribution in [-0.2, 0) is 14.3 Å². The maximum atomic E-state index is 12.0. The van der Waals surface area contributed by atoms with Crippen molar-refractivity contribution in [2.75, 3.05) is 26.3 Å². The molecule has 1 N–H and O–H groups in total. The van der Waals surface area contributed by atoms with Gasteiger partial charge in [-0.05, 0) is 12.8 Å². The third-order valence-electron chi connectivity index (χ3n) is 2.89. The van der Waals surface area contributed by atoms with E-state index in [0.29, 0.717) is 39.1 Å². The Bertz CT molecular complexity index is 291. The lowest BCUT2D eigenvalue weighted by Gasteiger charge is -2.28. The number of morpholine rings is 1. The first-order chi connectivity index (χ1) is 7.68. The Morgan fingerprint density at radius 2 is 1.81 bits per heavy atom. The molecule has 2 fully saturated rings. The first-order valence-corrected chi connectivity index (χ1v) is 6.37. The predicted molar refractivity (Wildman–Crippen MR) is 59.4 cm³/mol. The molecule has 2 rings (SSSR count). The molecule has 2 saturated heterocycles. The number of aliphatic carboxylic acids is 1. The first kappa shape index (κ1) is 11.7. The molecule has 0 aromatic carbocycles. The number of carbonyl (C=O) groups excluding carboxylic acids is 1. The van der Waals surface area contributed by atoms with Gasteiger partial charge in [-0.3, -0.25) is 9.59 Å². The molecule has 0 aromatic heterocycles. The summed E-state index contributed by atoms with van der Waals surface area (Å²) in [5.74, 6) is -0.723. The molecule has 6 heteroatoms. The van der Waals surface area contributed by atoms with E-state index in [4.69, 9.17) is 9.84 Å². The van der Waals surface area contributed by atoms with Crippen LogP contribution in [0.25, 0.3) is 0 Å². The van der Waals surface area contributed by atoms with Crippen LogP contribution in [0.3, 0.4) is 0 Å². The van der Waals surface area contributed by atoms with Crippen LogP contribution in [0.2, 0.25) is 0 Å². The number of nitrogens with zero attached hydrogens (tertiary/aromatic N) is 1.